The molecule has 0 saturated heterocycles. The first-order valence-corrected chi connectivity index (χ1v) is 11.7. The number of hydrogen-bond acceptors (Lipinski definition) is 5. The third-order valence-corrected chi connectivity index (χ3v) is 6.50. The van der Waals surface area contributed by atoms with E-state index in [1.165, 1.54) is 17.0 Å². The van der Waals surface area contributed by atoms with Crippen LogP contribution >= 0.6 is 0 Å². The van der Waals surface area contributed by atoms with Gasteiger partial charge in [0, 0.05) is 18.3 Å². The van der Waals surface area contributed by atoms with E-state index in [4.69, 9.17) is 4.99 Å². The Morgan fingerprint density at radius 2 is 1.86 bits per heavy atom. The minimum atomic E-state index is -4.69. The zero-order valence-corrected chi connectivity index (χ0v) is 20.2. The van der Waals surface area contributed by atoms with Crippen molar-refractivity contribution in [2.24, 2.45) is 10.9 Å². The Hall–Kier alpha value is -3.83. The van der Waals surface area contributed by atoms with Crippen molar-refractivity contribution in [1.29, 1.82) is 0 Å². The van der Waals surface area contributed by atoms with Crippen LogP contribution in [0, 0.1) is 17.6 Å². The van der Waals surface area contributed by atoms with Crippen LogP contribution in [0.3, 0.4) is 0 Å². The van der Waals surface area contributed by atoms with Gasteiger partial charge in [-0.1, -0.05) is 19.9 Å². The number of rotatable bonds is 5. The van der Waals surface area contributed by atoms with E-state index in [0.717, 1.165) is 24.4 Å². The van der Waals surface area contributed by atoms with Crippen molar-refractivity contribution in [3.8, 4) is 11.4 Å². The summed E-state index contributed by atoms with van der Waals surface area (Å²) in [7, 11) is 0. The van der Waals surface area contributed by atoms with Crippen LogP contribution < -0.4 is 4.90 Å². The second kappa shape index (κ2) is 8.93. The molecule has 12 heteroatoms. The average molecular weight is 518 g/mol. The number of halogens is 5. The summed E-state index contributed by atoms with van der Waals surface area (Å²) in [5, 5.41) is 0. The smallest absolute Gasteiger partial charge is 0.305 e. The standard InChI is InChI=1S/C25H23F5N6O/c1-4-34-23(37)20-22(36-12-18(13(2)3)32-24(34)36)35(11-14-5-6-16(26)17(27)9-14)21(33-20)15-7-8-31-19(10-15)25(28,29)30/h5-10,13,18H,4,11-12H2,1-3H3/t18-/m0/s1. The molecule has 5 rings (SSSR count). The quantitative estimate of drug-likeness (QED) is 0.448. The monoisotopic (exact) mass is 518 g/mol. The van der Waals surface area contributed by atoms with Crippen molar-refractivity contribution in [3.63, 3.8) is 0 Å². The fraction of sp³-hybridized carbons (Fsp3) is 0.360. The molecule has 2 aliphatic heterocycles. The van der Waals surface area contributed by atoms with Gasteiger partial charge in [0.15, 0.2) is 17.3 Å². The van der Waals surface area contributed by atoms with Gasteiger partial charge in [0.05, 0.1) is 19.1 Å². The number of guanidine groups is 1. The van der Waals surface area contributed by atoms with E-state index in [9.17, 15) is 26.7 Å². The van der Waals surface area contributed by atoms with Gasteiger partial charge in [-0.3, -0.25) is 19.6 Å². The molecule has 1 aromatic carbocycles. The van der Waals surface area contributed by atoms with E-state index in [2.05, 4.69) is 9.97 Å². The first-order chi connectivity index (χ1) is 17.5. The number of aromatic nitrogens is 3. The lowest BCUT2D eigenvalue weighted by atomic mass is 10.1. The number of fused-ring (bicyclic) bond motifs is 3. The molecule has 1 amide bonds. The molecular formula is C25H23F5N6O. The number of amides is 1. The SMILES string of the molecule is CCN1C(=O)c2nc(-c3ccnc(C(F)(F)F)c3)n(Cc3ccc(F)c(F)c3)c2N2C[C@@H](C(C)C)N=C12. The second-order valence-corrected chi connectivity index (χ2v) is 9.27. The first kappa shape index (κ1) is 24.8. The molecule has 37 heavy (non-hydrogen) atoms. The normalized spacial score (nSPS) is 17.4. The predicted octanol–water partition coefficient (Wildman–Crippen LogP) is 4.97. The molecule has 0 aliphatic carbocycles. The molecular weight excluding hydrogens is 495 g/mol. The Morgan fingerprint density at radius 3 is 2.51 bits per heavy atom. The highest BCUT2D eigenvalue weighted by Crippen LogP contribution is 2.38. The minimum absolute atomic E-state index is 0.0492. The van der Waals surface area contributed by atoms with Gasteiger partial charge < -0.3 is 4.57 Å². The molecule has 0 fully saturated rings. The minimum Gasteiger partial charge on any atom is -0.305 e. The largest absolute Gasteiger partial charge is 0.433 e. The summed E-state index contributed by atoms with van der Waals surface area (Å²) in [5.74, 6) is -1.51. The van der Waals surface area contributed by atoms with Crippen LogP contribution in [0.5, 0.6) is 0 Å². The predicted molar refractivity (Wildman–Crippen MR) is 126 cm³/mol. The highest BCUT2D eigenvalue weighted by atomic mass is 19.4. The number of aliphatic imine (C=N–C) groups is 1. The maximum absolute atomic E-state index is 14.0. The van der Waals surface area contributed by atoms with E-state index in [1.54, 1.807) is 11.5 Å². The fourth-order valence-corrected chi connectivity index (χ4v) is 4.56. The van der Waals surface area contributed by atoms with Gasteiger partial charge in [-0.25, -0.2) is 18.8 Å². The lowest BCUT2D eigenvalue weighted by Crippen LogP contribution is -2.50. The van der Waals surface area contributed by atoms with Crippen LogP contribution in [0.2, 0.25) is 0 Å². The van der Waals surface area contributed by atoms with Crippen molar-refractivity contribution in [3.05, 3.63) is 65.1 Å². The number of benzene rings is 1. The zero-order valence-electron chi connectivity index (χ0n) is 20.2. The lowest BCUT2D eigenvalue weighted by molar-refractivity contribution is -0.141. The summed E-state index contributed by atoms with van der Waals surface area (Å²) in [6, 6.07) is 5.45. The molecule has 3 aromatic rings. The van der Waals surface area contributed by atoms with Gasteiger partial charge in [-0.15, -0.1) is 0 Å². The Morgan fingerprint density at radius 1 is 1.11 bits per heavy atom. The van der Waals surface area contributed by atoms with Crippen molar-refractivity contribution >= 4 is 17.7 Å². The molecule has 2 aromatic heterocycles. The van der Waals surface area contributed by atoms with Crippen molar-refractivity contribution in [2.75, 3.05) is 18.0 Å². The number of carbonyl (C=O) groups is 1. The Kier molecular flexibility index (Phi) is 5.99. The summed E-state index contributed by atoms with van der Waals surface area (Å²) in [5.41, 5.74) is -0.648. The van der Waals surface area contributed by atoms with Gasteiger partial charge in [0.1, 0.15) is 17.3 Å². The van der Waals surface area contributed by atoms with Crippen molar-refractivity contribution in [2.45, 2.75) is 39.5 Å². The van der Waals surface area contributed by atoms with Gasteiger partial charge in [-0.05, 0) is 42.7 Å². The number of nitrogens with zero attached hydrogens (tertiary/aromatic N) is 6. The third-order valence-electron chi connectivity index (χ3n) is 6.50. The Labute approximate surface area is 209 Å². The molecule has 0 N–H and O–H groups in total. The maximum Gasteiger partial charge on any atom is 0.433 e. The summed E-state index contributed by atoms with van der Waals surface area (Å²) >= 11 is 0. The van der Waals surface area contributed by atoms with Gasteiger partial charge in [0.2, 0.25) is 5.96 Å². The van der Waals surface area contributed by atoms with E-state index in [1.807, 2.05) is 18.7 Å². The molecule has 7 nitrogen and oxygen atoms in total. The molecule has 0 bridgehead atoms. The molecule has 0 saturated carbocycles. The van der Waals surface area contributed by atoms with E-state index >= 15 is 0 Å². The van der Waals surface area contributed by atoms with Crippen LogP contribution in [-0.4, -0.2) is 50.4 Å². The van der Waals surface area contributed by atoms with Gasteiger partial charge in [0.25, 0.3) is 5.91 Å². The Balaban J connectivity index is 1.73. The molecule has 1 atom stereocenters. The first-order valence-electron chi connectivity index (χ1n) is 11.7. The highest BCUT2D eigenvalue weighted by Gasteiger charge is 2.44. The number of carbonyl (C=O) groups excluding carboxylic acids is 1. The van der Waals surface area contributed by atoms with Crippen LogP contribution in [0.15, 0.2) is 41.5 Å². The third kappa shape index (κ3) is 4.23. The topological polar surface area (TPSA) is 66.6 Å². The zero-order chi connectivity index (χ0) is 26.6. The molecule has 0 radical (unpaired) electrons. The molecule has 2 aliphatic rings. The summed E-state index contributed by atoms with van der Waals surface area (Å²) in [4.78, 5) is 29.5. The van der Waals surface area contributed by atoms with Crippen LogP contribution in [0.1, 0.15) is 42.5 Å². The fourth-order valence-electron chi connectivity index (χ4n) is 4.56. The number of hydrogen-bond donors (Lipinski definition) is 0. The van der Waals surface area contributed by atoms with Crippen molar-refractivity contribution in [1.82, 2.24) is 19.4 Å². The van der Waals surface area contributed by atoms with E-state index in [0.29, 0.717) is 30.4 Å². The number of imidazole rings is 1. The van der Waals surface area contributed by atoms with Crippen LogP contribution in [0.25, 0.3) is 11.4 Å². The van der Waals surface area contributed by atoms with E-state index in [-0.39, 0.29) is 35.6 Å². The lowest BCUT2D eigenvalue weighted by Gasteiger charge is -2.33. The molecule has 0 spiro atoms. The summed E-state index contributed by atoms with van der Waals surface area (Å²) < 4.78 is 69.5. The van der Waals surface area contributed by atoms with Gasteiger partial charge >= 0.3 is 6.18 Å². The maximum atomic E-state index is 14.0. The Bertz CT molecular complexity index is 1410. The second-order valence-electron chi connectivity index (χ2n) is 9.27. The molecule has 4 heterocycles. The number of alkyl halides is 3. The summed E-state index contributed by atoms with van der Waals surface area (Å²) in [6.07, 6.45) is -3.67. The molecule has 194 valence electrons. The van der Waals surface area contributed by atoms with E-state index < -0.39 is 29.4 Å². The van der Waals surface area contributed by atoms with Crippen LogP contribution in [-0.2, 0) is 12.7 Å². The molecule has 0 unspecified atom stereocenters. The number of anilines is 1. The van der Waals surface area contributed by atoms with Crippen molar-refractivity contribution < 1.29 is 26.7 Å². The summed E-state index contributed by atoms with van der Waals surface area (Å²) in [6.45, 7) is 6.48. The van der Waals surface area contributed by atoms with Gasteiger partial charge in [-0.2, -0.15) is 13.2 Å². The average Bonchev–Trinajstić information content (AvgIpc) is 3.44. The number of pyridine rings is 1. The van der Waals surface area contributed by atoms with Crippen LogP contribution in [0.4, 0.5) is 27.8 Å². The highest BCUT2D eigenvalue weighted by molar-refractivity contribution is 6.18.